The first-order chi connectivity index (χ1) is 16.3. The fourth-order valence-electron chi connectivity index (χ4n) is 3.11. The first-order valence-corrected chi connectivity index (χ1v) is 11.3. The van der Waals surface area contributed by atoms with E-state index in [2.05, 4.69) is 29.5 Å². The maximum absolute atomic E-state index is 12.5. The number of aromatic nitrogens is 1. The molecule has 1 heterocycles. The van der Waals surface area contributed by atoms with Gasteiger partial charge in [0, 0.05) is 22.3 Å². The molecule has 1 aromatic heterocycles. The van der Waals surface area contributed by atoms with Crippen LogP contribution in [0.25, 0.3) is 22.6 Å². The molecule has 7 nitrogen and oxygen atoms in total. The van der Waals surface area contributed by atoms with E-state index in [1.807, 2.05) is 0 Å². The fourth-order valence-corrected chi connectivity index (χ4v) is 3.49. The largest absolute Gasteiger partial charge is 0.507 e. The molecule has 0 radical (unpaired) electrons. The van der Waals surface area contributed by atoms with E-state index < -0.39 is 0 Å². The average molecular weight is 496 g/mol. The highest BCUT2D eigenvalue weighted by molar-refractivity contribution is 7.80. The Hall–Kier alpha value is -3.62. The molecule has 9 heteroatoms. The number of halogens is 1. The van der Waals surface area contributed by atoms with Crippen molar-refractivity contribution in [2.75, 3.05) is 11.9 Å². The summed E-state index contributed by atoms with van der Waals surface area (Å²) in [7, 11) is 0. The molecule has 4 rings (SSSR count). The number of benzene rings is 3. The van der Waals surface area contributed by atoms with Crippen molar-refractivity contribution in [3.63, 3.8) is 0 Å². The van der Waals surface area contributed by atoms with Crippen molar-refractivity contribution in [3.8, 4) is 23.0 Å². The third-order valence-electron chi connectivity index (χ3n) is 4.76. The molecule has 0 aliphatic heterocycles. The van der Waals surface area contributed by atoms with Gasteiger partial charge in [-0.3, -0.25) is 10.1 Å². The van der Waals surface area contributed by atoms with Gasteiger partial charge in [-0.1, -0.05) is 25.4 Å². The van der Waals surface area contributed by atoms with E-state index in [9.17, 15) is 9.90 Å². The van der Waals surface area contributed by atoms with Crippen LogP contribution < -0.4 is 15.4 Å². The summed E-state index contributed by atoms with van der Waals surface area (Å²) in [6.45, 7) is 4.73. The van der Waals surface area contributed by atoms with Crippen LogP contribution in [0.15, 0.2) is 65.1 Å². The molecule has 0 aliphatic carbocycles. The molecule has 1 amide bonds. The van der Waals surface area contributed by atoms with E-state index in [4.69, 9.17) is 33.0 Å². The predicted molar refractivity (Wildman–Crippen MR) is 137 cm³/mol. The lowest BCUT2D eigenvalue weighted by atomic mass is 10.2. The number of hydrogen-bond donors (Lipinski definition) is 3. The smallest absolute Gasteiger partial charge is 0.257 e. The lowest BCUT2D eigenvalue weighted by Crippen LogP contribution is -2.34. The van der Waals surface area contributed by atoms with Crippen molar-refractivity contribution in [1.82, 2.24) is 10.3 Å². The molecule has 174 valence electrons. The summed E-state index contributed by atoms with van der Waals surface area (Å²) < 4.78 is 11.3. The molecule has 0 fully saturated rings. The summed E-state index contributed by atoms with van der Waals surface area (Å²) in [6.07, 6.45) is 0. The molecule has 3 N–H and O–H groups in total. The van der Waals surface area contributed by atoms with Crippen molar-refractivity contribution in [2.24, 2.45) is 5.92 Å². The van der Waals surface area contributed by atoms with Gasteiger partial charge in [0.05, 0.1) is 12.2 Å². The standard InChI is InChI=1S/C25H22ClN3O4S/c1-14(2)13-32-18-7-3-15(4-8-18)23(31)29-25(34)27-17-6-9-19(21(30)12-17)24-28-20-11-16(26)5-10-22(20)33-24/h3-12,14,30H,13H2,1-2H3,(H2,27,29,31,34). The highest BCUT2D eigenvalue weighted by atomic mass is 35.5. The number of carbonyl (C=O) groups excluding carboxylic acids is 1. The van der Waals surface area contributed by atoms with Gasteiger partial charge < -0.3 is 19.6 Å². The Bertz CT molecular complexity index is 1350. The van der Waals surface area contributed by atoms with E-state index in [0.717, 1.165) is 0 Å². The van der Waals surface area contributed by atoms with Crippen molar-refractivity contribution < 1.29 is 19.1 Å². The summed E-state index contributed by atoms with van der Waals surface area (Å²) >= 11 is 11.2. The number of ether oxygens (including phenoxy) is 1. The van der Waals surface area contributed by atoms with Crippen molar-refractivity contribution in [1.29, 1.82) is 0 Å². The van der Waals surface area contributed by atoms with Crippen LogP contribution in [0.5, 0.6) is 11.5 Å². The fraction of sp³-hybridized carbons (Fsp3) is 0.160. The van der Waals surface area contributed by atoms with Crippen LogP contribution in [0.2, 0.25) is 5.02 Å². The Morgan fingerprint density at radius 3 is 2.62 bits per heavy atom. The Labute approximate surface area is 206 Å². The van der Waals surface area contributed by atoms with Crippen molar-refractivity contribution >= 4 is 51.6 Å². The van der Waals surface area contributed by atoms with Crippen LogP contribution in [-0.4, -0.2) is 27.7 Å². The zero-order chi connectivity index (χ0) is 24.2. The summed E-state index contributed by atoms with van der Waals surface area (Å²) in [5, 5.41) is 16.6. The van der Waals surface area contributed by atoms with Gasteiger partial charge in [-0.05, 0) is 72.7 Å². The van der Waals surface area contributed by atoms with E-state index in [-0.39, 0.29) is 22.7 Å². The number of fused-ring (bicyclic) bond motifs is 1. The van der Waals surface area contributed by atoms with Gasteiger partial charge in [0.1, 0.15) is 17.0 Å². The van der Waals surface area contributed by atoms with E-state index in [1.165, 1.54) is 6.07 Å². The summed E-state index contributed by atoms with van der Waals surface area (Å²) in [5.41, 5.74) is 2.49. The van der Waals surface area contributed by atoms with Crippen LogP contribution in [0.1, 0.15) is 24.2 Å². The number of amides is 1. The second-order valence-corrected chi connectivity index (χ2v) is 8.85. The molecule has 0 saturated heterocycles. The first kappa shape index (κ1) is 23.5. The first-order valence-electron chi connectivity index (χ1n) is 10.5. The van der Waals surface area contributed by atoms with Gasteiger partial charge in [0.25, 0.3) is 5.91 Å². The number of phenols is 1. The minimum absolute atomic E-state index is 0.0613. The number of carbonyl (C=O) groups is 1. The van der Waals surface area contributed by atoms with Crippen molar-refractivity contribution in [2.45, 2.75) is 13.8 Å². The summed E-state index contributed by atoms with van der Waals surface area (Å²) in [6, 6.07) is 16.7. The molecule has 4 aromatic rings. The molecule has 0 saturated carbocycles. The zero-order valence-corrected chi connectivity index (χ0v) is 20.0. The molecule has 0 unspecified atom stereocenters. The zero-order valence-electron chi connectivity index (χ0n) is 18.5. The van der Waals surface area contributed by atoms with Crippen LogP contribution >= 0.6 is 23.8 Å². The van der Waals surface area contributed by atoms with E-state index in [1.54, 1.807) is 54.6 Å². The summed E-state index contributed by atoms with van der Waals surface area (Å²) in [5.74, 6) is 0.947. The van der Waals surface area contributed by atoms with Gasteiger partial charge >= 0.3 is 0 Å². The third kappa shape index (κ3) is 5.65. The molecule has 0 atom stereocenters. The number of hydrogen-bond acceptors (Lipinski definition) is 6. The van der Waals surface area contributed by atoms with Gasteiger partial charge in [0.2, 0.25) is 5.89 Å². The average Bonchev–Trinajstić information content (AvgIpc) is 3.20. The maximum atomic E-state index is 12.5. The van der Waals surface area contributed by atoms with Gasteiger partial charge in [0.15, 0.2) is 10.7 Å². The normalized spacial score (nSPS) is 10.9. The van der Waals surface area contributed by atoms with Crippen molar-refractivity contribution in [3.05, 3.63) is 71.2 Å². The van der Waals surface area contributed by atoms with E-state index in [0.29, 0.717) is 51.2 Å². The van der Waals surface area contributed by atoms with Gasteiger partial charge in [-0.15, -0.1) is 0 Å². The molecule has 0 spiro atoms. The number of anilines is 1. The lowest BCUT2D eigenvalue weighted by molar-refractivity contribution is 0.0977. The van der Waals surface area contributed by atoms with Crippen LogP contribution in [0.3, 0.4) is 0 Å². The molecule has 0 aliphatic rings. The van der Waals surface area contributed by atoms with Gasteiger partial charge in [-0.2, -0.15) is 0 Å². The molecular weight excluding hydrogens is 474 g/mol. The third-order valence-corrected chi connectivity index (χ3v) is 5.20. The molecule has 0 bridgehead atoms. The highest BCUT2D eigenvalue weighted by Gasteiger charge is 2.14. The SMILES string of the molecule is CC(C)COc1ccc(C(=O)NC(=S)Nc2ccc(-c3nc4cc(Cl)ccc4o3)c(O)c2)cc1. The lowest BCUT2D eigenvalue weighted by Gasteiger charge is -2.12. The van der Waals surface area contributed by atoms with Gasteiger partial charge in [-0.25, -0.2) is 4.98 Å². The quantitative estimate of drug-likeness (QED) is 0.281. The Morgan fingerprint density at radius 2 is 1.91 bits per heavy atom. The summed E-state index contributed by atoms with van der Waals surface area (Å²) in [4.78, 5) is 16.9. The second-order valence-electron chi connectivity index (χ2n) is 8.00. The number of aromatic hydroxyl groups is 1. The van der Waals surface area contributed by atoms with Crippen LogP contribution in [0.4, 0.5) is 5.69 Å². The molecule has 3 aromatic carbocycles. The minimum Gasteiger partial charge on any atom is -0.507 e. The monoisotopic (exact) mass is 495 g/mol. The Kier molecular flexibility index (Phi) is 7.00. The predicted octanol–water partition coefficient (Wildman–Crippen LogP) is 6.02. The number of oxazole rings is 1. The minimum atomic E-state index is -0.362. The number of nitrogens with one attached hydrogen (secondary N) is 2. The molecular formula is C25H22ClN3O4S. The number of thiocarbonyl (C=S) groups is 1. The highest BCUT2D eigenvalue weighted by Crippen LogP contribution is 2.33. The number of nitrogens with zero attached hydrogens (tertiary/aromatic N) is 1. The number of phenolic OH excluding ortho intramolecular Hbond substituents is 1. The topological polar surface area (TPSA) is 96.6 Å². The number of rotatable bonds is 6. The van der Waals surface area contributed by atoms with E-state index >= 15 is 0 Å². The van der Waals surface area contributed by atoms with Crippen LogP contribution in [0, 0.1) is 5.92 Å². The second kappa shape index (κ2) is 10.1. The maximum Gasteiger partial charge on any atom is 0.257 e. The molecule has 34 heavy (non-hydrogen) atoms. The Balaban J connectivity index is 1.39. The Morgan fingerprint density at radius 1 is 1.15 bits per heavy atom. The van der Waals surface area contributed by atoms with Crippen LogP contribution in [-0.2, 0) is 0 Å².